The second-order valence-electron chi connectivity index (χ2n) is 9.19. The summed E-state index contributed by atoms with van der Waals surface area (Å²) in [5, 5.41) is 0. The monoisotopic (exact) mass is 366 g/mol. The fourth-order valence-electron chi connectivity index (χ4n) is 5.74. The van der Waals surface area contributed by atoms with E-state index in [0.717, 1.165) is 17.8 Å². The van der Waals surface area contributed by atoms with E-state index >= 15 is 0 Å². The molecule has 148 valence electrons. The molecule has 0 bridgehead atoms. The van der Waals surface area contributed by atoms with E-state index in [-0.39, 0.29) is 0 Å². The van der Waals surface area contributed by atoms with E-state index in [1.165, 1.54) is 70.0 Å². The van der Waals surface area contributed by atoms with Gasteiger partial charge in [0, 0.05) is 4.75 Å². The standard InChI is InChI=1S/C24H46S/c1-4-7-9-11-21-12-14-22(15-13-21)23-16-19-24(20-17-23,25-6-3)18-10-8-5-2/h21-23H,4-20H2,1-3H3. The average Bonchev–Trinajstić information content (AvgIpc) is 2.64. The van der Waals surface area contributed by atoms with Gasteiger partial charge in [-0.1, -0.05) is 78.6 Å². The van der Waals surface area contributed by atoms with Crippen molar-refractivity contribution in [1.29, 1.82) is 0 Å². The Morgan fingerprint density at radius 3 is 1.92 bits per heavy atom. The average molecular weight is 367 g/mol. The van der Waals surface area contributed by atoms with Crippen LogP contribution in [0.2, 0.25) is 0 Å². The molecule has 0 aromatic rings. The summed E-state index contributed by atoms with van der Waals surface area (Å²) in [5.74, 6) is 4.56. The SMILES string of the molecule is CCCCCC1CCC(C2CCC(CCCCC)(SCC)CC2)CC1. The maximum absolute atomic E-state index is 2.37. The van der Waals surface area contributed by atoms with Crippen molar-refractivity contribution < 1.29 is 0 Å². The van der Waals surface area contributed by atoms with Gasteiger partial charge in [-0.25, -0.2) is 0 Å². The lowest BCUT2D eigenvalue weighted by Gasteiger charge is -2.43. The fourth-order valence-corrected chi connectivity index (χ4v) is 7.16. The van der Waals surface area contributed by atoms with E-state index in [0.29, 0.717) is 4.75 Å². The van der Waals surface area contributed by atoms with Gasteiger partial charge in [0.15, 0.2) is 0 Å². The molecule has 0 unspecified atom stereocenters. The van der Waals surface area contributed by atoms with Crippen LogP contribution in [0.3, 0.4) is 0 Å². The summed E-state index contributed by atoms with van der Waals surface area (Å²) in [5.41, 5.74) is 0. The maximum atomic E-state index is 2.37. The van der Waals surface area contributed by atoms with Crippen LogP contribution in [0.4, 0.5) is 0 Å². The Kier molecular flexibility index (Phi) is 10.3. The minimum Gasteiger partial charge on any atom is -0.155 e. The third-order valence-electron chi connectivity index (χ3n) is 7.40. The molecule has 0 spiro atoms. The van der Waals surface area contributed by atoms with Crippen molar-refractivity contribution >= 4 is 11.8 Å². The van der Waals surface area contributed by atoms with Gasteiger partial charge in [-0.3, -0.25) is 0 Å². The van der Waals surface area contributed by atoms with Crippen LogP contribution in [0.1, 0.15) is 124 Å². The molecule has 0 radical (unpaired) electrons. The molecule has 2 saturated carbocycles. The third-order valence-corrected chi connectivity index (χ3v) is 8.92. The molecule has 0 aliphatic heterocycles. The summed E-state index contributed by atoms with van der Waals surface area (Å²) in [4.78, 5) is 0. The summed E-state index contributed by atoms with van der Waals surface area (Å²) in [6, 6.07) is 0. The topological polar surface area (TPSA) is 0 Å². The zero-order valence-corrected chi connectivity index (χ0v) is 18.5. The van der Waals surface area contributed by atoms with Crippen molar-refractivity contribution in [2.75, 3.05) is 5.75 Å². The molecule has 1 heteroatoms. The van der Waals surface area contributed by atoms with Gasteiger partial charge < -0.3 is 0 Å². The van der Waals surface area contributed by atoms with E-state index in [1.807, 2.05) is 0 Å². The Labute approximate surface area is 163 Å². The van der Waals surface area contributed by atoms with Crippen LogP contribution in [0.5, 0.6) is 0 Å². The molecule has 2 aliphatic rings. The number of hydrogen-bond acceptors (Lipinski definition) is 1. The number of thioether (sulfide) groups is 1. The molecule has 0 heterocycles. The molecular formula is C24H46S. The van der Waals surface area contributed by atoms with Gasteiger partial charge in [0.05, 0.1) is 0 Å². The van der Waals surface area contributed by atoms with E-state index in [2.05, 4.69) is 32.5 Å². The molecule has 0 amide bonds. The molecule has 0 saturated heterocycles. The highest BCUT2D eigenvalue weighted by Crippen LogP contribution is 2.49. The first-order valence-corrected chi connectivity index (χ1v) is 12.9. The molecule has 25 heavy (non-hydrogen) atoms. The largest absolute Gasteiger partial charge is 0.155 e. The number of unbranched alkanes of at least 4 members (excludes halogenated alkanes) is 4. The predicted octanol–water partition coefficient (Wildman–Crippen LogP) is 8.64. The lowest BCUT2D eigenvalue weighted by atomic mass is 9.68. The van der Waals surface area contributed by atoms with Gasteiger partial charge in [-0.05, 0) is 68.5 Å². The molecule has 0 nitrogen and oxygen atoms in total. The molecule has 2 rings (SSSR count). The second kappa shape index (κ2) is 11.9. The van der Waals surface area contributed by atoms with Crippen LogP contribution < -0.4 is 0 Å². The predicted molar refractivity (Wildman–Crippen MR) is 117 cm³/mol. The van der Waals surface area contributed by atoms with Gasteiger partial charge in [0.2, 0.25) is 0 Å². The molecule has 0 atom stereocenters. The Morgan fingerprint density at radius 1 is 0.720 bits per heavy atom. The third kappa shape index (κ3) is 7.11. The number of rotatable bonds is 11. The minimum absolute atomic E-state index is 0.664. The van der Waals surface area contributed by atoms with E-state index < -0.39 is 0 Å². The maximum Gasteiger partial charge on any atom is 0.0160 e. The molecule has 0 aromatic heterocycles. The summed E-state index contributed by atoms with van der Waals surface area (Å²) >= 11 is 2.31. The van der Waals surface area contributed by atoms with E-state index in [9.17, 15) is 0 Å². The van der Waals surface area contributed by atoms with Crippen LogP contribution >= 0.6 is 11.8 Å². The van der Waals surface area contributed by atoms with E-state index in [4.69, 9.17) is 0 Å². The zero-order valence-electron chi connectivity index (χ0n) is 17.7. The van der Waals surface area contributed by atoms with Crippen LogP contribution in [0.15, 0.2) is 0 Å². The Morgan fingerprint density at radius 2 is 1.32 bits per heavy atom. The van der Waals surface area contributed by atoms with Crippen LogP contribution in [-0.4, -0.2) is 10.5 Å². The minimum atomic E-state index is 0.664. The van der Waals surface area contributed by atoms with Crippen molar-refractivity contribution in [3.63, 3.8) is 0 Å². The molecule has 0 aromatic carbocycles. The summed E-state index contributed by atoms with van der Waals surface area (Å²) in [6.07, 6.45) is 24.0. The van der Waals surface area contributed by atoms with E-state index in [1.54, 1.807) is 38.5 Å². The van der Waals surface area contributed by atoms with Crippen LogP contribution in [0, 0.1) is 17.8 Å². The Hall–Kier alpha value is 0.350. The lowest BCUT2D eigenvalue weighted by Crippen LogP contribution is -2.34. The van der Waals surface area contributed by atoms with Crippen LogP contribution in [0.25, 0.3) is 0 Å². The molecule has 2 aliphatic carbocycles. The van der Waals surface area contributed by atoms with Crippen molar-refractivity contribution in [2.45, 2.75) is 128 Å². The highest BCUT2D eigenvalue weighted by molar-refractivity contribution is 8.00. The second-order valence-corrected chi connectivity index (χ2v) is 10.9. The highest BCUT2D eigenvalue weighted by Gasteiger charge is 2.38. The quantitative estimate of drug-likeness (QED) is 0.330. The van der Waals surface area contributed by atoms with Crippen LogP contribution in [-0.2, 0) is 0 Å². The van der Waals surface area contributed by atoms with Gasteiger partial charge in [-0.15, -0.1) is 0 Å². The highest BCUT2D eigenvalue weighted by atomic mass is 32.2. The van der Waals surface area contributed by atoms with Gasteiger partial charge in [0.25, 0.3) is 0 Å². The summed E-state index contributed by atoms with van der Waals surface area (Å²) in [7, 11) is 0. The number of hydrogen-bond donors (Lipinski definition) is 0. The Bertz CT molecular complexity index is 321. The van der Waals surface area contributed by atoms with Crippen molar-refractivity contribution in [3.8, 4) is 0 Å². The molecular weight excluding hydrogens is 320 g/mol. The first kappa shape index (κ1) is 21.6. The van der Waals surface area contributed by atoms with Crippen molar-refractivity contribution in [2.24, 2.45) is 17.8 Å². The summed E-state index contributed by atoms with van der Waals surface area (Å²) < 4.78 is 0.664. The molecule has 0 N–H and O–H groups in total. The first-order valence-electron chi connectivity index (χ1n) is 11.9. The van der Waals surface area contributed by atoms with Crippen molar-refractivity contribution in [1.82, 2.24) is 0 Å². The van der Waals surface area contributed by atoms with Gasteiger partial charge in [-0.2, -0.15) is 11.8 Å². The summed E-state index contributed by atoms with van der Waals surface area (Å²) in [6.45, 7) is 7.05. The molecule has 2 fully saturated rings. The van der Waals surface area contributed by atoms with Gasteiger partial charge in [0.1, 0.15) is 0 Å². The first-order chi connectivity index (χ1) is 12.2. The normalized spacial score (nSPS) is 33.5. The lowest BCUT2D eigenvalue weighted by molar-refractivity contribution is 0.148. The van der Waals surface area contributed by atoms with Crippen molar-refractivity contribution in [3.05, 3.63) is 0 Å². The smallest absolute Gasteiger partial charge is 0.0160 e. The zero-order chi connectivity index (χ0) is 18.0. The Balaban J connectivity index is 1.72. The fraction of sp³-hybridized carbons (Fsp3) is 1.00. The van der Waals surface area contributed by atoms with Gasteiger partial charge >= 0.3 is 0 Å².